The summed E-state index contributed by atoms with van der Waals surface area (Å²) in [4.78, 5) is 25.6. The van der Waals surface area contributed by atoms with Crippen molar-refractivity contribution in [3.63, 3.8) is 0 Å². The van der Waals surface area contributed by atoms with E-state index in [2.05, 4.69) is 10.6 Å². The first-order valence-electron chi connectivity index (χ1n) is 8.01. The summed E-state index contributed by atoms with van der Waals surface area (Å²) >= 11 is 0. The molecule has 2 amide bonds. The van der Waals surface area contributed by atoms with Gasteiger partial charge in [0, 0.05) is 19.5 Å². The van der Waals surface area contributed by atoms with Crippen molar-refractivity contribution in [2.45, 2.75) is 44.9 Å². The Morgan fingerprint density at radius 2 is 1.95 bits per heavy atom. The zero-order chi connectivity index (χ0) is 14.2. The SMILES string of the molecule is O=C(CCC1CCCNC1)NCC(=O)N1CCCCC1. The zero-order valence-electron chi connectivity index (χ0n) is 12.3. The van der Waals surface area contributed by atoms with Crippen molar-refractivity contribution < 1.29 is 9.59 Å². The number of piperidine rings is 2. The molecule has 0 spiro atoms. The fourth-order valence-electron chi connectivity index (χ4n) is 3.02. The highest BCUT2D eigenvalue weighted by atomic mass is 16.2. The predicted molar refractivity (Wildman–Crippen MR) is 78.3 cm³/mol. The van der Waals surface area contributed by atoms with Crippen molar-refractivity contribution in [1.82, 2.24) is 15.5 Å². The largest absolute Gasteiger partial charge is 0.347 e. The molecule has 0 bridgehead atoms. The summed E-state index contributed by atoms with van der Waals surface area (Å²) in [6, 6.07) is 0. The second kappa shape index (κ2) is 8.25. The van der Waals surface area contributed by atoms with Crippen molar-refractivity contribution >= 4 is 11.8 Å². The first-order valence-corrected chi connectivity index (χ1v) is 8.01. The number of likely N-dealkylation sites (tertiary alicyclic amines) is 1. The van der Waals surface area contributed by atoms with Crippen molar-refractivity contribution in [2.75, 3.05) is 32.7 Å². The first kappa shape index (κ1) is 15.3. The van der Waals surface area contributed by atoms with E-state index in [1.54, 1.807) is 0 Å². The smallest absolute Gasteiger partial charge is 0.241 e. The summed E-state index contributed by atoms with van der Waals surface area (Å²) in [6.07, 6.45) is 7.29. The Morgan fingerprint density at radius 3 is 2.65 bits per heavy atom. The van der Waals surface area contributed by atoms with Crippen LogP contribution in [0.15, 0.2) is 0 Å². The monoisotopic (exact) mass is 281 g/mol. The van der Waals surface area contributed by atoms with E-state index >= 15 is 0 Å². The van der Waals surface area contributed by atoms with Gasteiger partial charge in [0.25, 0.3) is 0 Å². The summed E-state index contributed by atoms with van der Waals surface area (Å²) in [5, 5.41) is 6.13. The quantitative estimate of drug-likeness (QED) is 0.787. The lowest BCUT2D eigenvalue weighted by Crippen LogP contribution is -2.42. The van der Waals surface area contributed by atoms with Crippen LogP contribution in [0.5, 0.6) is 0 Å². The first-order chi connectivity index (χ1) is 9.75. The standard InChI is InChI=1S/C15H27N3O2/c19-14(7-6-13-5-4-8-16-11-13)17-12-15(20)18-9-2-1-3-10-18/h13,16H,1-12H2,(H,17,19). The fraction of sp³-hybridized carbons (Fsp3) is 0.867. The van der Waals surface area contributed by atoms with E-state index in [9.17, 15) is 9.59 Å². The highest BCUT2D eigenvalue weighted by molar-refractivity contribution is 5.84. The van der Waals surface area contributed by atoms with Gasteiger partial charge in [-0.15, -0.1) is 0 Å². The van der Waals surface area contributed by atoms with Gasteiger partial charge in [0.05, 0.1) is 6.54 Å². The molecule has 2 fully saturated rings. The maximum absolute atomic E-state index is 11.9. The molecule has 2 N–H and O–H groups in total. The number of amides is 2. The molecule has 0 radical (unpaired) electrons. The van der Waals surface area contributed by atoms with Gasteiger partial charge in [-0.1, -0.05) is 0 Å². The Hall–Kier alpha value is -1.10. The molecular weight excluding hydrogens is 254 g/mol. The van der Waals surface area contributed by atoms with Gasteiger partial charge in [0.15, 0.2) is 0 Å². The minimum absolute atomic E-state index is 0.0148. The number of nitrogens with zero attached hydrogens (tertiary/aromatic N) is 1. The van der Waals surface area contributed by atoms with Crippen LogP contribution < -0.4 is 10.6 Å². The van der Waals surface area contributed by atoms with Crippen LogP contribution in [-0.2, 0) is 9.59 Å². The molecule has 2 heterocycles. The third kappa shape index (κ3) is 5.12. The van der Waals surface area contributed by atoms with Crippen LogP contribution in [0.25, 0.3) is 0 Å². The van der Waals surface area contributed by atoms with Gasteiger partial charge in [0.2, 0.25) is 11.8 Å². The van der Waals surface area contributed by atoms with E-state index in [0.29, 0.717) is 12.3 Å². The molecule has 2 aliphatic heterocycles. The molecule has 1 unspecified atom stereocenters. The van der Waals surface area contributed by atoms with Crippen LogP contribution in [-0.4, -0.2) is 49.4 Å². The van der Waals surface area contributed by atoms with Crippen LogP contribution in [0, 0.1) is 5.92 Å². The topological polar surface area (TPSA) is 61.4 Å². The van der Waals surface area contributed by atoms with Crippen LogP contribution >= 0.6 is 0 Å². The summed E-state index contributed by atoms with van der Waals surface area (Å²) in [5.41, 5.74) is 0. The van der Waals surface area contributed by atoms with Gasteiger partial charge < -0.3 is 15.5 Å². The highest BCUT2D eigenvalue weighted by Crippen LogP contribution is 2.15. The van der Waals surface area contributed by atoms with E-state index in [1.165, 1.54) is 19.3 Å². The molecule has 5 nitrogen and oxygen atoms in total. The summed E-state index contributed by atoms with van der Waals surface area (Å²) < 4.78 is 0. The van der Waals surface area contributed by atoms with Crippen LogP contribution in [0.2, 0.25) is 0 Å². The normalized spacial score (nSPS) is 23.4. The maximum Gasteiger partial charge on any atom is 0.241 e. The number of nitrogens with one attached hydrogen (secondary N) is 2. The van der Waals surface area contributed by atoms with Crippen LogP contribution in [0.3, 0.4) is 0 Å². The maximum atomic E-state index is 11.9. The van der Waals surface area contributed by atoms with Crippen molar-refractivity contribution in [2.24, 2.45) is 5.92 Å². The molecule has 5 heteroatoms. The second-order valence-electron chi connectivity index (χ2n) is 5.97. The van der Waals surface area contributed by atoms with E-state index in [-0.39, 0.29) is 18.4 Å². The lowest BCUT2D eigenvalue weighted by Gasteiger charge is -2.26. The number of hydrogen-bond acceptors (Lipinski definition) is 3. The Kier molecular flexibility index (Phi) is 6.30. The van der Waals surface area contributed by atoms with Gasteiger partial charge in [0.1, 0.15) is 0 Å². The van der Waals surface area contributed by atoms with E-state index < -0.39 is 0 Å². The molecule has 2 aliphatic rings. The van der Waals surface area contributed by atoms with Gasteiger partial charge in [-0.2, -0.15) is 0 Å². The molecular formula is C15H27N3O2. The van der Waals surface area contributed by atoms with Gasteiger partial charge in [-0.3, -0.25) is 9.59 Å². The van der Waals surface area contributed by atoms with Gasteiger partial charge >= 0.3 is 0 Å². The molecule has 2 saturated heterocycles. The highest BCUT2D eigenvalue weighted by Gasteiger charge is 2.18. The minimum Gasteiger partial charge on any atom is -0.347 e. The minimum atomic E-state index is 0.0148. The zero-order valence-corrected chi connectivity index (χ0v) is 12.3. The molecule has 0 aromatic rings. The second-order valence-corrected chi connectivity index (χ2v) is 5.97. The predicted octanol–water partition coefficient (Wildman–Crippen LogP) is 0.895. The number of rotatable bonds is 5. The van der Waals surface area contributed by atoms with Crippen molar-refractivity contribution in [3.8, 4) is 0 Å². The van der Waals surface area contributed by atoms with Gasteiger partial charge in [-0.25, -0.2) is 0 Å². The average Bonchev–Trinajstić information content (AvgIpc) is 2.52. The molecule has 0 saturated carbocycles. The molecule has 0 aliphatic carbocycles. The lowest BCUT2D eigenvalue weighted by molar-refractivity contribution is -0.133. The number of hydrogen-bond donors (Lipinski definition) is 2. The molecule has 114 valence electrons. The Balaban J connectivity index is 1.58. The Labute approximate surface area is 121 Å². The van der Waals surface area contributed by atoms with E-state index in [1.807, 2.05) is 4.90 Å². The van der Waals surface area contributed by atoms with Crippen molar-refractivity contribution in [1.29, 1.82) is 0 Å². The lowest BCUT2D eigenvalue weighted by atomic mass is 9.94. The Bertz CT molecular complexity index is 321. The number of carbonyl (C=O) groups excluding carboxylic acids is 2. The molecule has 0 aromatic heterocycles. The fourth-order valence-corrected chi connectivity index (χ4v) is 3.02. The molecule has 1 atom stereocenters. The third-order valence-electron chi connectivity index (χ3n) is 4.32. The molecule has 20 heavy (non-hydrogen) atoms. The van der Waals surface area contributed by atoms with E-state index in [4.69, 9.17) is 0 Å². The Morgan fingerprint density at radius 1 is 1.15 bits per heavy atom. The summed E-state index contributed by atoms with van der Waals surface area (Å²) in [7, 11) is 0. The molecule has 2 rings (SSSR count). The summed E-state index contributed by atoms with van der Waals surface area (Å²) in [5.74, 6) is 0.700. The molecule has 0 aromatic carbocycles. The third-order valence-corrected chi connectivity index (χ3v) is 4.32. The summed E-state index contributed by atoms with van der Waals surface area (Å²) in [6.45, 7) is 4.00. The van der Waals surface area contributed by atoms with E-state index in [0.717, 1.165) is 45.4 Å². The average molecular weight is 281 g/mol. The van der Waals surface area contributed by atoms with Crippen molar-refractivity contribution in [3.05, 3.63) is 0 Å². The van der Waals surface area contributed by atoms with Crippen LogP contribution in [0.4, 0.5) is 0 Å². The van der Waals surface area contributed by atoms with Gasteiger partial charge in [-0.05, 0) is 57.5 Å². The number of carbonyl (C=O) groups is 2. The van der Waals surface area contributed by atoms with Crippen LogP contribution in [0.1, 0.15) is 44.9 Å².